The Balaban J connectivity index is 2.57. The standard InChI is InChI=1S/C16H17F3N2/c1-10-7-8-12(11(2)9-10)15(21-20)13-5-3-4-6-14(13)16(17,18)19/h3-9,15,21H,20H2,1-2H3. The Morgan fingerprint density at radius 1 is 1.00 bits per heavy atom. The second-order valence-corrected chi connectivity index (χ2v) is 5.04. The van der Waals surface area contributed by atoms with Crippen molar-refractivity contribution in [3.05, 3.63) is 70.3 Å². The Morgan fingerprint density at radius 2 is 1.67 bits per heavy atom. The second-order valence-electron chi connectivity index (χ2n) is 5.04. The highest BCUT2D eigenvalue weighted by atomic mass is 19.4. The van der Waals surface area contributed by atoms with E-state index in [2.05, 4.69) is 5.43 Å². The molecule has 2 aromatic carbocycles. The zero-order chi connectivity index (χ0) is 15.6. The van der Waals surface area contributed by atoms with Gasteiger partial charge in [-0.25, -0.2) is 5.43 Å². The molecule has 1 atom stereocenters. The number of halogens is 3. The number of hydrazine groups is 1. The van der Waals surface area contributed by atoms with Gasteiger partial charge in [-0.15, -0.1) is 0 Å². The van der Waals surface area contributed by atoms with Crippen molar-refractivity contribution in [1.29, 1.82) is 0 Å². The maximum Gasteiger partial charge on any atom is 0.416 e. The van der Waals surface area contributed by atoms with Gasteiger partial charge in [0.15, 0.2) is 0 Å². The van der Waals surface area contributed by atoms with Crippen molar-refractivity contribution in [3.8, 4) is 0 Å². The summed E-state index contributed by atoms with van der Waals surface area (Å²) >= 11 is 0. The van der Waals surface area contributed by atoms with Gasteiger partial charge in [0.1, 0.15) is 0 Å². The Morgan fingerprint density at radius 3 is 2.24 bits per heavy atom. The number of hydrogen-bond acceptors (Lipinski definition) is 2. The van der Waals surface area contributed by atoms with E-state index in [1.807, 2.05) is 32.0 Å². The molecule has 112 valence electrons. The van der Waals surface area contributed by atoms with Crippen molar-refractivity contribution < 1.29 is 13.2 Å². The second kappa shape index (κ2) is 5.87. The van der Waals surface area contributed by atoms with Crippen LogP contribution in [0.25, 0.3) is 0 Å². The first-order valence-corrected chi connectivity index (χ1v) is 6.54. The molecule has 0 fully saturated rings. The van der Waals surface area contributed by atoms with Gasteiger partial charge in [-0.3, -0.25) is 5.84 Å². The van der Waals surface area contributed by atoms with E-state index in [1.54, 1.807) is 6.07 Å². The summed E-state index contributed by atoms with van der Waals surface area (Å²) in [6.45, 7) is 3.80. The summed E-state index contributed by atoms with van der Waals surface area (Å²) in [5.41, 5.74) is 4.64. The lowest BCUT2D eigenvalue weighted by molar-refractivity contribution is -0.138. The molecule has 0 saturated heterocycles. The third-order valence-corrected chi connectivity index (χ3v) is 3.48. The molecule has 0 heterocycles. The molecule has 0 aliphatic heterocycles. The molecule has 0 aromatic heterocycles. The molecule has 2 rings (SSSR count). The quantitative estimate of drug-likeness (QED) is 0.666. The molecule has 2 aromatic rings. The van der Waals surface area contributed by atoms with Crippen LogP contribution in [-0.2, 0) is 6.18 Å². The highest BCUT2D eigenvalue weighted by molar-refractivity contribution is 5.42. The summed E-state index contributed by atoms with van der Waals surface area (Å²) in [6.07, 6.45) is -4.41. The molecule has 21 heavy (non-hydrogen) atoms. The molecule has 2 nitrogen and oxygen atoms in total. The first-order valence-electron chi connectivity index (χ1n) is 6.54. The fraction of sp³-hybridized carbons (Fsp3) is 0.250. The maximum atomic E-state index is 13.2. The van der Waals surface area contributed by atoms with Crippen LogP contribution >= 0.6 is 0 Å². The van der Waals surface area contributed by atoms with Crippen LogP contribution in [0, 0.1) is 13.8 Å². The predicted molar refractivity (Wildman–Crippen MR) is 76.5 cm³/mol. The van der Waals surface area contributed by atoms with Gasteiger partial charge in [0, 0.05) is 0 Å². The summed E-state index contributed by atoms with van der Waals surface area (Å²) in [7, 11) is 0. The minimum absolute atomic E-state index is 0.124. The highest BCUT2D eigenvalue weighted by Crippen LogP contribution is 2.36. The number of rotatable bonds is 3. The average molecular weight is 294 g/mol. The summed E-state index contributed by atoms with van der Waals surface area (Å²) in [6, 6.07) is 10.4. The lowest BCUT2D eigenvalue weighted by Gasteiger charge is -2.23. The predicted octanol–water partition coefficient (Wildman–Crippen LogP) is 3.87. The maximum absolute atomic E-state index is 13.2. The zero-order valence-corrected chi connectivity index (χ0v) is 11.8. The van der Waals surface area contributed by atoms with Crippen LogP contribution in [0.5, 0.6) is 0 Å². The van der Waals surface area contributed by atoms with E-state index in [0.717, 1.165) is 22.8 Å². The van der Waals surface area contributed by atoms with Gasteiger partial charge in [0.05, 0.1) is 11.6 Å². The minimum atomic E-state index is -4.41. The molecule has 0 saturated carbocycles. The lowest BCUT2D eigenvalue weighted by atomic mass is 9.91. The number of hydrogen-bond donors (Lipinski definition) is 2. The van der Waals surface area contributed by atoms with E-state index >= 15 is 0 Å². The Hall–Kier alpha value is -1.85. The van der Waals surface area contributed by atoms with Gasteiger partial charge in [-0.05, 0) is 36.6 Å². The van der Waals surface area contributed by atoms with Gasteiger partial charge >= 0.3 is 6.18 Å². The van der Waals surface area contributed by atoms with Crippen LogP contribution in [0.1, 0.15) is 33.9 Å². The van der Waals surface area contributed by atoms with Gasteiger partial charge in [-0.2, -0.15) is 13.2 Å². The highest BCUT2D eigenvalue weighted by Gasteiger charge is 2.35. The summed E-state index contributed by atoms with van der Waals surface area (Å²) in [5, 5.41) is 0. The van der Waals surface area contributed by atoms with Crippen LogP contribution in [0.4, 0.5) is 13.2 Å². The smallest absolute Gasteiger partial charge is 0.271 e. The van der Waals surface area contributed by atoms with Crippen LogP contribution < -0.4 is 11.3 Å². The van der Waals surface area contributed by atoms with Crippen molar-refractivity contribution in [2.45, 2.75) is 26.1 Å². The van der Waals surface area contributed by atoms with Gasteiger partial charge in [-0.1, -0.05) is 42.0 Å². The Labute approximate surface area is 121 Å². The SMILES string of the molecule is Cc1ccc(C(NN)c2ccccc2C(F)(F)F)c(C)c1. The Bertz CT molecular complexity index is 636. The molecule has 0 aliphatic carbocycles. The Kier molecular flexibility index (Phi) is 4.34. The molecule has 0 amide bonds. The molecule has 0 aliphatic rings. The average Bonchev–Trinajstić information content (AvgIpc) is 2.41. The minimum Gasteiger partial charge on any atom is -0.271 e. The molecular weight excluding hydrogens is 277 g/mol. The summed E-state index contributed by atoms with van der Waals surface area (Å²) in [4.78, 5) is 0. The molecule has 0 bridgehead atoms. The number of nitrogens with one attached hydrogen (secondary N) is 1. The van der Waals surface area contributed by atoms with E-state index in [1.165, 1.54) is 12.1 Å². The van der Waals surface area contributed by atoms with Crippen LogP contribution in [0.15, 0.2) is 42.5 Å². The summed E-state index contributed by atoms with van der Waals surface area (Å²) in [5.74, 6) is 5.54. The largest absolute Gasteiger partial charge is 0.416 e. The molecular formula is C16H17F3N2. The third-order valence-electron chi connectivity index (χ3n) is 3.48. The fourth-order valence-electron chi connectivity index (χ4n) is 2.50. The van der Waals surface area contributed by atoms with Crippen molar-refractivity contribution in [2.75, 3.05) is 0 Å². The van der Waals surface area contributed by atoms with E-state index in [4.69, 9.17) is 5.84 Å². The van der Waals surface area contributed by atoms with E-state index in [0.29, 0.717) is 0 Å². The number of benzene rings is 2. The lowest BCUT2D eigenvalue weighted by Crippen LogP contribution is -2.31. The van der Waals surface area contributed by atoms with E-state index < -0.39 is 17.8 Å². The van der Waals surface area contributed by atoms with E-state index in [9.17, 15) is 13.2 Å². The van der Waals surface area contributed by atoms with Crippen molar-refractivity contribution in [2.24, 2.45) is 5.84 Å². The van der Waals surface area contributed by atoms with Crippen LogP contribution in [-0.4, -0.2) is 0 Å². The molecule has 0 spiro atoms. The molecule has 3 N–H and O–H groups in total. The topological polar surface area (TPSA) is 38.0 Å². The third kappa shape index (κ3) is 3.25. The first kappa shape index (κ1) is 15.5. The van der Waals surface area contributed by atoms with Gasteiger partial charge in [0.2, 0.25) is 0 Å². The normalized spacial score (nSPS) is 13.2. The zero-order valence-electron chi connectivity index (χ0n) is 11.8. The molecule has 5 heteroatoms. The molecule has 1 unspecified atom stereocenters. The summed E-state index contributed by atoms with van der Waals surface area (Å²) < 4.78 is 39.5. The number of alkyl halides is 3. The van der Waals surface area contributed by atoms with E-state index in [-0.39, 0.29) is 5.56 Å². The first-order chi connectivity index (χ1) is 9.84. The molecule has 0 radical (unpaired) electrons. The van der Waals surface area contributed by atoms with Crippen molar-refractivity contribution >= 4 is 0 Å². The van der Waals surface area contributed by atoms with Crippen molar-refractivity contribution in [3.63, 3.8) is 0 Å². The van der Waals surface area contributed by atoms with Gasteiger partial charge < -0.3 is 0 Å². The monoisotopic (exact) mass is 294 g/mol. The van der Waals surface area contributed by atoms with Gasteiger partial charge in [0.25, 0.3) is 0 Å². The fourth-order valence-corrected chi connectivity index (χ4v) is 2.50. The van der Waals surface area contributed by atoms with Crippen LogP contribution in [0.2, 0.25) is 0 Å². The van der Waals surface area contributed by atoms with Crippen LogP contribution in [0.3, 0.4) is 0 Å². The number of aryl methyl sites for hydroxylation is 2. The number of nitrogens with two attached hydrogens (primary N) is 1. The van der Waals surface area contributed by atoms with Crippen molar-refractivity contribution in [1.82, 2.24) is 5.43 Å².